The Bertz CT molecular complexity index is 1150. The van der Waals surface area contributed by atoms with Gasteiger partial charge in [-0.15, -0.1) is 0 Å². The summed E-state index contributed by atoms with van der Waals surface area (Å²) in [4.78, 5) is 27.8. The number of aliphatic hydroxyl groups is 2. The Kier molecular flexibility index (Phi) is 6.29. The van der Waals surface area contributed by atoms with E-state index in [4.69, 9.17) is 20.9 Å². The molecule has 0 aliphatic carbocycles. The third-order valence-corrected chi connectivity index (χ3v) is 5.39. The fourth-order valence-corrected chi connectivity index (χ4v) is 3.73. The summed E-state index contributed by atoms with van der Waals surface area (Å²) in [6.07, 6.45) is 1.14. The predicted octanol–water partition coefficient (Wildman–Crippen LogP) is -3.08. The number of hydrogen-bond donors (Lipinski definition) is 5. The molecule has 4 rings (SSSR count). The highest BCUT2D eigenvalue weighted by atomic mass is 16.6. The molecule has 0 amide bonds. The van der Waals surface area contributed by atoms with E-state index in [-0.39, 0.29) is 18.4 Å². The van der Waals surface area contributed by atoms with E-state index in [1.165, 1.54) is 28.9 Å². The smallest absolute Gasteiger partial charge is 0.351 e. The standard InChI is InChI=1S/C18H25N9O5/c1-31-8-26-5-9(14(19)25-18(26)30)4-21-3-2-10-12(28)13(29)17(32-10)27-7-24-11-15(20)22-6-23-16(11)27/h5-7,10,12-13,17,21,28-29H,2-4,8H2,1H3,(H2,19,25,30)(H2,20,22,23)/p+1/t10-,12-,13-,17-/m1/s1. The zero-order valence-corrected chi connectivity index (χ0v) is 17.4. The van der Waals surface area contributed by atoms with E-state index >= 15 is 0 Å². The number of aromatic nitrogens is 6. The van der Waals surface area contributed by atoms with Crippen LogP contribution in [0.4, 0.5) is 11.6 Å². The van der Waals surface area contributed by atoms with Crippen LogP contribution in [0.2, 0.25) is 0 Å². The molecule has 3 aromatic heterocycles. The summed E-state index contributed by atoms with van der Waals surface area (Å²) < 4.78 is 13.8. The first-order valence-corrected chi connectivity index (χ1v) is 10.0. The van der Waals surface area contributed by atoms with Gasteiger partial charge in [0.25, 0.3) is 0 Å². The zero-order valence-electron chi connectivity index (χ0n) is 17.4. The van der Waals surface area contributed by atoms with Crippen LogP contribution >= 0.6 is 0 Å². The van der Waals surface area contributed by atoms with E-state index in [1.54, 1.807) is 6.20 Å². The van der Waals surface area contributed by atoms with E-state index in [0.717, 1.165) is 0 Å². The minimum atomic E-state index is -1.16. The second-order valence-corrected chi connectivity index (χ2v) is 7.52. The number of fused-ring (bicyclic) bond motifs is 1. The number of anilines is 2. The largest absolute Gasteiger partial charge is 0.388 e. The van der Waals surface area contributed by atoms with Crippen LogP contribution in [0.15, 0.2) is 23.6 Å². The van der Waals surface area contributed by atoms with Gasteiger partial charge in [-0.05, 0) is 0 Å². The molecule has 14 heteroatoms. The number of rotatable bonds is 8. The number of aliphatic hydroxyl groups excluding tert-OH is 2. The van der Waals surface area contributed by atoms with Crippen LogP contribution < -0.4 is 22.5 Å². The molecule has 0 saturated carbocycles. The Balaban J connectivity index is 1.37. The van der Waals surface area contributed by atoms with E-state index in [1.807, 2.05) is 5.32 Å². The Hall–Kier alpha value is -3.17. The van der Waals surface area contributed by atoms with Gasteiger partial charge in [0.15, 0.2) is 17.7 Å². The summed E-state index contributed by atoms with van der Waals surface area (Å²) in [6.45, 7) is 1.13. The van der Waals surface area contributed by atoms with Crippen molar-refractivity contribution in [1.82, 2.24) is 29.1 Å². The number of hydrogen-bond acceptors (Lipinski definition) is 11. The highest BCUT2D eigenvalue weighted by Crippen LogP contribution is 2.32. The quantitative estimate of drug-likeness (QED) is 0.218. The lowest BCUT2D eigenvalue weighted by Crippen LogP contribution is -2.83. The van der Waals surface area contributed by atoms with Gasteiger partial charge in [0.2, 0.25) is 0 Å². The molecular weight excluding hydrogens is 422 g/mol. The van der Waals surface area contributed by atoms with E-state index in [9.17, 15) is 15.0 Å². The van der Waals surface area contributed by atoms with E-state index < -0.39 is 30.2 Å². The molecule has 3 aromatic rings. The zero-order chi connectivity index (χ0) is 22.8. The van der Waals surface area contributed by atoms with Gasteiger partial charge in [0.1, 0.15) is 43.1 Å². The Morgan fingerprint density at radius 1 is 1.22 bits per heavy atom. The molecule has 0 aromatic carbocycles. The number of quaternary nitrogens is 1. The molecule has 14 nitrogen and oxygen atoms in total. The van der Waals surface area contributed by atoms with Crippen molar-refractivity contribution in [2.24, 2.45) is 0 Å². The molecule has 4 heterocycles. The van der Waals surface area contributed by atoms with Crippen molar-refractivity contribution in [3.05, 3.63) is 34.9 Å². The molecule has 172 valence electrons. The number of imidazole rings is 1. The molecule has 32 heavy (non-hydrogen) atoms. The maximum atomic E-state index is 11.8. The minimum Gasteiger partial charge on any atom is -0.388 e. The lowest BCUT2D eigenvalue weighted by atomic mass is 10.1. The third kappa shape index (κ3) is 4.13. The molecule has 4 atom stereocenters. The summed E-state index contributed by atoms with van der Waals surface area (Å²) in [5.41, 5.74) is 12.7. The molecule has 0 spiro atoms. The molecule has 8 N–H and O–H groups in total. The van der Waals surface area contributed by atoms with E-state index in [0.29, 0.717) is 36.2 Å². The molecule has 0 unspecified atom stereocenters. The molecular formula is C18H26N9O5+. The maximum Gasteiger partial charge on any atom is 0.351 e. The topological polar surface area (TPSA) is 206 Å². The van der Waals surface area contributed by atoms with Crippen molar-refractivity contribution in [1.29, 1.82) is 0 Å². The summed E-state index contributed by atoms with van der Waals surface area (Å²) in [6, 6.07) is 0. The van der Waals surface area contributed by atoms with Crippen LogP contribution in [0.1, 0.15) is 18.2 Å². The third-order valence-electron chi connectivity index (χ3n) is 5.39. The second-order valence-electron chi connectivity index (χ2n) is 7.52. The van der Waals surface area contributed by atoms with Crippen LogP contribution in [-0.2, 0) is 22.7 Å². The lowest BCUT2D eigenvalue weighted by molar-refractivity contribution is -0.671. The first kappa shape index (κ1) is 22.0. The highest BCUT2D eigenvalue weighted by Gasteiger charge is 2.44. The van der Waals surface area contributed by atoms with Gasteiger partial charge < -0.3 is 36.5 Å². The van der Waals surface area contributed by atoms with Crippen molar-refractivity contribution in [3.63, 3.8) is 0 Å². The summed E-state index contributed by atoms with van der Waals surface area (Å²) in [7, 11) is 1.48. The first-order valence-electron chi connectivity index (χ1n) is 10.0. The second kappa shape index (κ2) is 9.13. The molecule has 1 aliphatic rings. The van der Waals surface area contributed by atoms with Crippen molar-refractivity contribution >= 4 is 22.8 Å². The highest BCUT2D eigenvalue weighted by molar-refractivity contribution is 5.81. The number of nitrogen functional groups attached to an aromatic ring is 2. The van der Waals surface area contributed by atoms with Crippen molar-refractivity contribution in [3.8, 4) is 0 Å². The van der Waals surface area contributed by atoms with Gasteiger partial charge in [0, 0.05) is 19.7 Å². The first-order chi connectivity index (χ1) is 15.4. The summed E-state index contributed by atoms with van der Waals surface area (Å²) in [5.74, 6) is 0.387. The fraction of sp³-hybridized carbons (Fsp3) is 0.500. The fourth-order valence-electron chi connectivity index (χ4n) is 3.73. The monoisotopic (exact) mass is 448 g/mol. The Labute approximate surface area is 181 Å². The average molecular weight is 448 g/mol. The van der Waals surface area contributed by atoms with Gasteiger partial charge >= 0.3 is 5.69 Å². The van der Waals surface area contributed by atoms with Crippen LogP contribution in [0.5, 0.6) is 0 Å². The van der Waals surface area contributed by atoms with Gasteiger partial charge in [0.05, 0.1) is 24.5 Å². The summed E-state index contributed by atoms with van der Waals surface area (Å²) >= 11 is 0. The summed E-state index contributed by atoms with van der Waals surface area (Å²) in [5, 5.41) is 23.0. The SMILES string of the molecule is COCn1cc(C[NH2+]CC[C@H]2O[C@@H](n3cnc4c(N)ncnc43)[C@H](O)[C@@H]2O)c(N)nc1=O. The van der Waals surface area contributed by atoms with Crippen LogP contribution in [-0.4, -0.2) is 71.2 Å². The number of nitrogens with zero attached hydrogens (tertiary/aromatic N) is 6. The molecule has 0 bridgehead atoms. The van der Waals surface area contributed by atoms with Gasteiger partial charge in [-0.2, -0.15) is 4.98 Å². The molecule has 1 saturated heterocycles. The number of ether oxygens (including phenoxy) is 2. The molecule has 0 radical (unpaired) electrons. The normalized spacial score (nSPS) is 23.2. The Morgan fingerprint density at radius 2 is 2.03 bits per heavy atom. The van der Waals surface area contributed by atoms with Crippen LogP contribution in [0.25, 0.3) is 11.2 Å². The maximum absolute atomic E-state index is 11.8. The molecule has 1 aliphatic heterocycles. The van der Waals surface area contributed by atoms with Crippen molar-refractivity contribution < 1.29 is 25.0 Å². The van der Waals surface area contributed by atoms with Gasteiger partial charge in [-0.3, -0.25) is 9.13 Å². The van der Waals surface area contributed by atoms with E-state index in [2.05, 4.69) is 19.9 Å². The van der Waals surface area contributed by atoms with Gasteiger partial charge in [-0.25, -0.2) is 19.7 Å². The minimum absolute atomic E-state index is 0.0833. The lowest BCUT2D eigenvalue weighted by Gasteiger charge is -2.16. The number of methoxy groups -OCH3 is 1. The van der Waals surface area contributed by atoms with Gasteiger partial charge in [-0.1, -0.05) is 0 Å². The van der Waals surface area contributed by atoms with Crippen LogP contribution in [0, 0.1) is 0 Å². The number of nitrogens with two attached hydrogens (primary N) is 3. The predicted molar refractivity (Wildman–Crippen MR) is 111 cm³/mol. The molecule has 1 fully saturated rings. The average Bonchev–Trinajstić information content (AvgIpc) is 3.31. The van der Waals surface area contributed by atoms with Crippen molar-refractivity contribution in [2.75, 3.05) is 25.1 Å². The van der Waals surface area contributed by atoms with Crippen LogP contribution in [0.3, 0.4) is 0 Å². The Morgan fingerprint density at radius 3 is 2.81 bits per heavy atom. The van der Waals surface area contributed by atoms with Crippen molar-refractivity contribution in [2.45, 2.75) is 44.2 Å².